The number of anilines is 1. The van der Waals surface area contributed by atoms with E-state index >= 15 is 0 Å². The molecule has 21 heavy (non-hydrogen) atoms. The molecule has 0 heterocycles. The Hall–Kier alpha value is -2.64. The van der Waals surface area contributed by atoms with Gasteiger partial charge in [0.1, 0.15) is 0 Å². The summed E-state index contributed by atoms with van der Waals surface area (Å²) in [5.41, 5.74) is -0.136. The van der Waals surface area contributed by atoms with Crippen LogP contribution in [0.5, 0.6) is 0 Å². The molecule has 0 aliphatic heterocycles. The van der Waals surface area contributed by atoms with Gasteiger partial charge in [0.25, 0.3) is 5.69 Å². The van der Waals surface area contributed by atoms with E-state index in [1.54, 1.807) is 20.8 Å². The van der Waals surface area contributed by atoms with Crippen LogP contribution in [-0.4, -0.2) is 27.6 Å². The molecule has 0 aliphatic rings. The number of nitro benzene ring substituents is 1. The second kappa shape index (κ2) is 6.21. The molecule has 1 rings (SSSR count). The summed E-state index contributed by atoms with van der Waals surface area (Å²) in [7, 11) is 0. The smallest absolute Gasteiger partial charge is 0.319 e. The van der Waals surface area contributed by atoms with Crippen LogP contribution < -0.4 is 10.6 Å². The molecule has 0 fully saturated rings. The first-order chi connectivity index (χ1) is 9.60. The normalized spacial score (nSPS) is 10.8. The second-order valence-corrected chi connectivity index (χ2v) is 5.29. The Morgan fingerprint density at radius 3 is 2.48 bits per heavy atom. The highest BCUT2D eigenvalue weighted by Crippen LogP contribution is 2.21. The fourth-order valence-corrected chi connectivity index (χ4v) is 1.83. The van der Waals surface area contributed by atoms with Gasteiger partial charge < -0.3 is 15.7 Å². The van der Waals surface area contributed by atoms with Crippen LogP contribution in [-0.2, 0) is 4.79 Å². The molecular formula is C13H17N3O5. The monoisotopic (exact) mass is 295 g/mol. The lowest BCUT2D eigenvalue weighted by molar-refractivity contribution is -0.385. The number of hydrogen-bond donors (Lipinski definition) is 3. The molecule has 8 nitrogen and oxygen atoms in total. The van der Waals surface area contributed by atoms with Crippen molar-refractivity contribution < 1.29 is 19.6 Å². The molecule has 0 atom stereocenters. The van der Waals surface area contributed by atoms with E-state index in [2.05, 4.69) is 10.6 Å². The number of hydrogen-bond acceptors (Lipinski definition) is 4. The highest BCUT2D eigenvalue weighted by molar-refractivity contribution is 5.90. The Kier molecular flexibility index (Phi) is 4.85. The minimum absolute atomic E-state index is 0.0350. The quantitative estimate of drug-likeness (QED) is 0.568. The number of nitrogens with zero attached hydrogens (tertiary/aromatic N) is 1. The van der Waals surface area contributed by atoms with Crippen molar-refractivity contribution in [1.82, 2.24) is 5.32 Å². The molecule has 2 amide bonds. The maximum absolute atomic E-state index is 11.8. The first-order valence-electron chi connectivity index (χ1n) is 6.17. The predicted octanol–water partition coefficient (Wildman–Crippen LogP) is 2.28. The van der Waals surface area contributed by atoms with Gasteiger partial charge in [0.2, 0.25) is 0 Å². The minimum atomic E-state index is -1.02. The number of carbonyl (C=O) groups excluding carboxylic acids is 1. The van der Waals surface area contributed by atoms with Crippen LogP contribution in [0.3, 0.4) is 0 Å². The number of rotatable bonds is 5. The number of benzene rings is 1. The van der Waals surface area contributed by atoms with Gasteiger partial charge in [-0.15, -0.1) is 0 Å². The SMILES string of the molecule is Cc1cc(NC(=O)NC(C)(C)CC(=O)O)ccc1[N+](=O)[O-]. The zero-order chi connectivity index (χ0) is 16.2. The molecule has 8 heteroatoms. The number of nitro groups is 1. The van der Waals surface area contributed by atoms with Crippen molar-refractivity contribution in [3.05, 3.63) is 33.9 Å². The van der Waals surface area contributed by atoms with Gasteiger partial charge in [-0.3, -0.25) is 14.9 Å². The van der Waals surface area contributed by atoms with Crippen molar-refractivity contribution in [3.8, 4) is 0 Å². The number of carbonyl (C=O) groups is 2. The van der Waals surface area contributed by atoms with Crippen LogP contribution in [0.1, 0.15) is 25.8 Å². The number of carboxylic acid groups (broad SMARTS) is 1. The molecule has 0 unspecified atom stereocenters. The first kappa shape index (κ1) is 16.4. The zero-order valence-corrected chi connectivity index (χ0v) is 12.0. The highest BCUT2D eigenvalue weighted by atomic mass is 16.6. The van der Waals surface area contributed by atoms with Crippen LogP contribution in [0, 0.1) is 17.0 Å². The van der Waals surface area contributed by atoms with Crippen molar-refractivity contribution in [2.24, 2.45) is 0 Å². The molecule has 114 valence electrons. The molecule has 3 N–H and O–H groups in total. The fraction of sp³-hybridized carbons (Fsp3) is 0.385. The summed E-state index contributed by atoms with van der Waals surface area (Å²) >= 11 is 0. The van der Waals surface area contributed by atoms with Crippen molar-refractivity contribution in [3.63, 3.8) is 0 Å². The standard InChI is InChI=1S/C13H17N3O5/c1-8-6-9(4-5-10(8)16(20)21)14-12(19)15-13(2,3)7-11(17)18/h4-6H,7H2,1-3H3,(H,17,18)(H2,14,15,19). The lowest BCUT2D eigenvalue weighted by atomic mass is 10.0. The Morgan fingerprint density at radius 1 is 1.38 bits per heavy atom. The topological polar surface area (TPSA) is 122 Å². The van der Waals surface area contributed by atoms with Crippen LogP contribution in [0.15, 0.2) is 18.2 Å². The number of urea groups is 1. The molecule has 0 saturated heterocycles. The predicted molar refractivity (Wildman–Crippen MR) is 76.3 cm³/mol. The Bertz CT molecular complexity index is 583. The van der Waals surface area contributed by atoms with Crippen molar-refractivity contribution in [1.29, 1.82) is 0 Å². The molecule has 0 radical (unpaired) electrons. The van der Waals surface area contributed by atoms with Gasteiger partial charge in [-0.2, -0.15) is 0 Å². The van der Waals surface area contributed by atoms with Crippen molar-refractivity contribution >= 4 is 23.4 Å². The molecule has 0 bridgehead atoms. The summed E-state index contributed by atoms with van der Waals surface area (Å²) in [6.45, 7) is 4.74. The minimum Gasteiger partial charge on any atom is -0.481 e. The van der Waals surface area contributed by atoms with Gasteiger partial charge in [0.15, 0.2) is 0 Å². The average Bonchev–Trinajstić information content (AvgIpc) is 2.24. The molecule has 1 aromatic carbocycles. The fourth-order valence-electron chi connectivity index (χ4n) is 1.83. The Morgan fingerprint density at radius 2 is 2.00 bits per heavy atom. The van der Waals surface area contributed by atoms with E-state index in [1.807, 2.05) is 0 Å². The largest absolute Gasteiger partial charge is 0.481 e. The van der Waals surface area contributed by atoms with Crippen molar-refractivity contribution in [2.45, 2.75) is 32.7 Å². The van der Waals surface area contributed by atoms with E-state index in [0.717, 1.165) is 0 Å². The number of aliphatic carboxylic acids is 1. The van der Waals surface area contributed by atoms with Crippen LogP contribution >= 0.6 is 0 Å². The van der Waals surface area contributed by atoms with E-state index in [9.17, 15) is 19.7 Å². The summed E-state index contributed by atoms with van der Waals surface area (Å²) < 4.78 is 0. The van der Waals surface area contributed by atoms with Gasteiger partial charge in [-0.05, 0) is 32.9 Å². The van der Waals surface area contributed by atoms with Crippen LogP contribution in [0.4, 0.5) is 16.2 Å². The summed E-state index contributed by atoms with van der Waals surface area (Å²) in [5.74, 6) is -1.02. The van der Waals surface area contributed by atoms with Crippen LogP contribution in [0.2, 0.25) is 0 Å². The number of amides is 2. The molecule has 0 aromatic heterocycles. The van der Waals surface area contributed by atoms with Gasteiger partial charge in [-0.25, -0.2) is 4.79 Å². The van der Waals surface area contributed by atoms with E-state index in [0.29, 0.717) is 11.3 Å². The van der Waals surface area contributed by atoms with E-state index in [-0.39, 0.29) is 12.1 Å². The number of aryl methyl sites for hydroxylation is 1. The maximum atomic E-state index is 11.8. The molecular weight excluding hydrogens is 278 g/mol. The maximum Gasteiger partial charge on any atom is 0.319 e. The first-order valence-corrected chi connectivity index (χ1v) is 6.17. The third kappa shape index (κ3) is 5.09. The molecule has 1 aromatic rings. The summed E-state index contributed by atoms with van der Waals surface area (Å²) in [6, 6.07) is 3.61. The Labute approximate surface area is 121 Å². The third-order valence-corrected chi connectivity index (χ3v) is 2.70. The summed E-state index contributed by atoms with van der Waals surface area (Å²) in [5, 5.41) is 24.5. The average molecular weight is 295 g/mol. The number of nitrogens with one attached hydrogen (secondary N) is 2. The van der Waals surface area contributed by atoms with Gasteiger partial charge in [0, 0.05) is 22.9 Å². The van der Waals surface area contributed by atoms with Gasteiger partial charge in [-0.1, -0.05) is 0 Å². The summed E-state index contributed by atoms with van der Waals surface area (Å²) in [4.78, 5) is 32.6. The van der Waals surface area contributed by atoms with E-state index in [4.69, 9.17) is 5.11 Å². The number of carboxylic acids is 1. The summed E-state index contributed by atoms with van der Waals surface area (Å²) in [6.07, 6.45) is -0.223. The lowest BCUT2D eigenvalue weighted by Crippen LogP contribution is -2.46. The third-order valence-electron chi connectivity index (χ3n) is 2.70. The van der Waals surface area contributed by atoms with Crippen molar-refractivity contribution in [2.75, 3.05) is 5.32 Å². The molecule has 0 aliphatic carbocycles. The second-order valence-electron chi connectivity index (χ2n) is 5.29. The van der Waals surface area contributed by atoms with Crippen LogP contribution in [0.25, 0.3) is 0 Å². The van der Waals surface area contributed by atoms with E-state index in [1.165, 1.54) is 18.2 Å². The molecule has 0 spiro atoms. The Balaban J connectivity index is 2.73. The van der Waals surface area contributed by atoms with Gasteiger partial charge >= 0.3 is 12.0 Å². The molecule has 0 saturated carbocycles. The van der Waals surface area contributed by atoms with Gasteiger partial charge in [0.05, 0.1) is 11.3 Å². The zero-order valence-electron chi connectivity index (χ0n) is 12.0. The highest BCUT2D eigenvalue weighted by Gasteiger charge is 2.24. The lowest BCUT2D eigenvalue weighted by Gasteiger charge is -2.24. The van der Waals surface area contributed by atoms with E-state index < -0.39 is 22.5 Å².